The normalized spacial score (nSPS) is 12.3. The van der Waals surface area contributed by atoms with Crippen molar-refractivity contribution >= 4 is 23.1 Å². The minimum Gasteiger partial charge on any atom is -0.493 e. The number of thioether (sulfide) groups is 1. The first-order chi connectivity index (χ1) is 9.69. The monoisotopic (exact) mass is 308 g/mol. The SMILES string of the molecule is CCC(C)c1ccc(OCCSc2nnc(C)s2)cc1. The second-order valence-electron chi connectivity index (χ2n) is 4.66. The minimum atomic E-state index is 0.611. The average Bonchev–Trinajstić information content (AvgIpc) is 2.89. The molecule has 2 aromatic rings. The number of hydrogen-bond donors (Lipinski definition) is 0. The van der Waals surface area contributed by atoms with E-state index in [9.17, 15) is 0 Å². The highest BCUT2D eigenvalue weighted by Gasteiger charge is 2.03. The number of ether oxygens (including phenoxy) is 1. The van der Waals surface area contributed by atoms with E-state index in [0.717, 1.165) is 27.3 Å². The maximum atomic E-state index is 5.74. The zero-order chi connectivity index (χ0) is 14.4. The van der Waals surface area contributed by atoms with Gasteiger partial charge in [-0.3, -0.25) is 0 Å². The van der Waals surface area contributed by atoms with Crippen LogP contribution in [0.3, 0.4) is 0 Å². The van der Waals surface area contributed by atoms with Crippen LogP contribution in [-0.4, -0.2) is 22.6 Å². The van der Waals surface area contributed by atoms with Crippen LogP contribution < -0.4 is 4.74 Å². The lowest BCUT2D eigenvalue weighted by molar-refractivity contribution is 0.344. The zero-order valence-corrected chi connectivity index (χ0v) is 13.8. The number of hydrogen-bond acceptors (Lipinski definition) is 5. The lowest BCUT2D eigenvalue weighted by atomic mass is 9.99. The summed E-state index contributed by atoms with van der Waals surface area (Å²) in [4.78, 5) is 0. The molecular weight excluding hydrogens is 288 g/mol. The van der Waals surface area contributed by atoms with Gasteiger partial charge in [-0.1, -0.05) is 49.1 Å². The summed E-state index contributed by atoms with van der Waals surface area (Å²) in [5, 5.41) is 9.08. The Kier molecular flexibility index (Phi) is 5.86. The van der Waals surface area contributed by atoms with Crippen molar-refractivity contribution in [3.8, 4) is 5.75 Å². The highest BCUT2D eigenvalue weighted by Crippen LogP contribution is 2.23. The Hall–Kier alpha value is -1.07. The third-order valence-corrected chi connectivity index (χ3v) is 5.08. The molecule has 108 valence electrons. The molecule has 1 unspecified atom stereocenters. The predicted octanol–water partition coefficient (Wildman–Crippen LogP) is 4.53. The molecule has 2 rings (SSSR count). The van der Waals surface area contributed by atoms with Crippen LogP contribution >= 0.6 is 23.1 Å². The Bertz CT molecular complexity index is 525. The standard InChI is InChI=1S/C15H20N2OS2/c1-4-11(2)13-5-7-14(8-6-13)18-9-10-19-15-17-16-12(3)20-15/h5-8,11H,4,9-10H2,1-3H3. The van der Waals surface area contributed by atoms with E-state index in [0.29, 0.717) is 12.5 Å². The molecule has 1 heterocycles. The van der Waals surface area contributed by atoms with Crippen LogP contribution in [0.4, 0.5) is 0 Å². The van der Waals surface area contributed by atoms with Crippen LogP contribution in [0, 0.1) is 6.92 Å². The summed E-state index contributed by atoms with van der Waals surface area (Å²) in [6.45, 7) is 7.11. The van der Waals surface area contributed by atoms with Crippen molar-refractivity contribution in [2.45, 2.75) is 37.4 Å². The van der Waals surface area contributed by atoms with Gasteiger partial charge in [0.1, 0.15) is 10.8 Å². The van der Waals surface area contributed by atoms with E-state index in [1.54, 1.807) is 23.1 Å². The third-order valence-electron chi connectivity index (χ3n) is 3.15. The molecule has 3 nitrogen and oxygen atoms in total. The van der Waals surface area contributed by atoms with E-state index in [4.69, 9.17) is 4.74 Å². The third kappa shape index (κ3) is 4.49. The Morgan fingerprint density at radius 3 is 2.60 bits per heavy atom. The molecule has 0 aliphatic rings. The van der Waals surface area contributed by atoms with Crippen LogP contribution in [0.5, 0.6) is 5.75 Å². The molecule has 20 heavy (non-hydrogen) atoms. The van der Waals surface area contributed by atoms with Gasteiger partial charge in [0.25, 0.3) is 0 Å². The van der Waals surface area contributed by atoms with E-state index < -0.39 is 0 Å². The average molecular weight is 308 g/mol. The summed E-state index contributed by atoms with van der Waals surface area (Å²) in [6.07, 6.45) is 1.16. The fourth-order valence-electron chi connectivity index (χ4n) is 1.75. The number of aromatic nitrogens is 2. The smallest absolute Gasteiger partial charge is 0.174 e. The van der Waals surface area contributed by atoms with Gasteiger partial charge in [0.15, 0.2) is 4.34 Å². The van der Waals surface area contributed by atoms with Crippen molar-refractivity contribution in [2.24, 2.45) is 0 Å². The van der Waals surface area contributed by atoms with E-state index in [-0.39, 0.29) is 0 Å². The summed E-state index contributed by atoms with van der Waals surface area (Å²) < 4.78 is 6.75. The fraction of sp³-hybridized carbons (Fsp3) is 0.467. The van der Waals surface area contributed by atoms with Crippen molar-refractivity contribution in [3.05, 3.63) is 34.8 Å². The molecule has 0 saturated heterocycles. The van der Waals surface area contributed by atoms with Gasteiger partial charge in [0.05, 0.1) is 6.61 Å². The van der Waals surface area contributed by atoms with Crippen LogP contribution in [0.15, 0.2) is 28.6 Å². The van der Waals surface area contributed by atoms with Crippen molar-refractivity contribution in [1.29, 1.82) is 0 Å². The molecule has 0 saturated carbocycles. The topological polar surface area (TPSA) is 35.0 Å². The molecule has 1 atom stereocenters. The van der Waals surface area contributed by atoms with Crippen molar-refractivity contribution < 1.29 is 4.74 Å². The van der Waals surface area contributed by atoms with Crippen LogP contribution in [0.1, 0.15) is 36.8 Å². The first kappa shape index (κ1) is 15.3. The molecule has 0 N–H and O–H groups in total. The number of aryl methyl sites for hydroxylation is 1. The molecule has 0 spiro atoms. The van der Waals surface area contributed by atoms with Gasteiger partial charge < -0.3 is 4.74 Å². The fourth-order valence-corrected chi connectivity index (χ4v) is 3.46. The number of rotatable bonds is 7. The van der Waals surface area contributed by atoms with E-state index in [2.05, 4.69) is 48.3 Å². The van der Waals surface area contributed by atoms with Gasteiger partial charge in [-0.05, 0) is 37.0 Å². The molecule has 1 aromatic heterocycles. The van der Waals surface area contributed by atoms with Crippen molar-refractivity contribution in [3.63, 3.8) is 0 Å². The van der Waals surface area contributed by atoms with Gasteiger partial charge >= 0.3 is 0 Å². The van der Waals surface area contributed by atoms with E-state index in [1.165, 1.54) is 5.56 Å². The Morgan fingerprint density at radius 2 is 2.00 bits per heavy atom. The maximum Gasteiger partial charge on any atom is 0.174 e. The van der Waals surface area contributed by atoms with Gasteiger partial charge in [-0.25, -0.2) is 0 Å². The zero-order valence-electron chi connectivity index (χ0n) is 12.1. The van der Waals surface area contributed by atoms with E-state index >= 15 is 0 Å². The molecule has 0 amide bonds. The summed E-state index contributed by atoms with van der Waals surface area (Å²) in [5.74, 6) is 2.44. The Morgan fingerprint density at radius 1 is 1.25 bits per heavy atom. The Balaban J connectivity index is 1.74. The second-order valence-corrected chi connectivity index (χ2v) is 7.19. The van der Waals surface area contributed by atoms with Crippen molar-refractivity contribution in [2.75, 3.05) is 12.4 Å². The predicted molar refractivity (Wildman–Crippen MR) is 86.0 cm³/mol. The summed E-state index contributed by atoms with van der Waals surface area (Å²) >= 11 is 3.32. The quantitative estimate of drug-likeness (QED) is 0.556. The van der Waals surface area contributed by atoms with Gasteiger partial charge in [0, 0.05) is 5.75 Å². The van der Waals surface area contributed by atoms with Crippen molar-refractivity contribution in [1.82, 2.24) is 10.2 Å². The van der Waals surface area contributed by atoms with Gasteiger partial charge in [-0.2, -0.15) is 0 Å². The van der Waals surface area contributed by atoms with E-state index in [1.807, 2.05) is 6.92 Å². The molecule has 1 aromatic carbocycles. The lowest BCUT2D eigenvalue weighted by Gasteiger charge is -2.10. The van der Waals surface area contributed by atoms with Gasteiger partial charge in [0.2, 0.25) is 0 Å². The summed E-state index contributed by atoms with van der Waals surface area (Å²) in [6, 6.07) is 8.43. The number of benzene rings is 1. The lowest BCUT2D eigenvalue weighted by Crippen LogP contribution is -2.00. The summed E-state index contributed by atoms with van der Waals surface area (Å²) in [5.41, 5.74) is 1.37. The minimum absolute atomic E-state index is 0.611. The first-order valence-electron chi connectivity index (χ1n) is 6.84. The van der Waals surface area contributed by atoms with Crippen LogP contribution in [-0.2, 0) is 0 Å². The maximum absolute atomic E-state index is 5.74. The van der Waals surface area contributed by atoms with Crippen LogP contribution in [0.25, 0.3) is 0 Å². The highest BCUT2D eigenvalue weighted by molar-refractivity contribution is 8.01. The van der Waals surface area contributed by atoms with Gasteiger partial charge in [-0.15, -0.1) is 10.2 Å². The highest BCUT2D eigenvalue weighted by atomic mass is 32.2. The number of nitrogens with zero attached hydrogens (tertiary/aromatic N) is 2. The molecule has 0 radical (unpaired) electrons. The molecule has 0 aliphatic carbocycles. The molecular formula is C15H20N2OS2. The second kappa shape index (κ2) is 7.64. The first-order valence-corrected chi connectivity index (χ1v) is 8.65. The molecule has 0 aliphatic heterocycles. The summed E-state index contributed by atoms with van der Waals surface area (Å²) in [7, 11) is 0. The molecule has 0 fully saturated rings. The molecule has 0 bridgehead atoms. The Labute approximate surface area is 128 Å². The van der Waals surface area contributed by atoms with Crippen LogP contribution in [0.2, 0.25) is 0 Å². The largest absolute Gasteiger partial charge is 0.493 e. The molecule has 5 heteroatoms.